The van der Waals surface area contributed by atoms with Crippen molar-refractivity contribution in [3.05, 3.63) is 54.1 Å². The molecule has 0 aliphatic heterocycles. The quantitative estimate of drug-likeness (QED) is 0.735. The molecule has 0 aliphatic rings. The summed E-state index contributed by atoms with van der Waals surface area (Å²) in [5.41, 5.74) is 3.89. The zero-order valence-corrected chi connectivity index (χ0v) is 12.2. The Balaban J connectivity index is 2.22. The van der Waals surface area contributed by atoms with E-state index in [9.17, 15) is 0 Å². The molecule has 100 valence electrons. The Morgan fingerprint density at radius 1 is 0.737 bits per heavy atom. The van der Waals surface area contributed by atoms with E-state index in [0.717, 1.165) is 5.75 Å². The lowest BCUT2D eigenvalue weighted by atomic mass is 9.89. The first-order valence-electron chi connectivity index (χ1n) is 6.86. The average molecular weight is 254 g/mol. The van der Waals surface area contributed by atoms with Gasteiger partial charge in [0, 0.05) is 0 Å². The molecule has 0 radical (unpaired) electrons. The third-order valence-electron chi connectivity index (χ3n) is 3.86. The summed E-state index contributed by atoms with van der Waals surface area (Å²) in [6.45, 7) is 6.82. The van der Waals surface area contributed by atoms with Crippen molar-refractivity contribution in [2.75, 3.05) is 7.11 Å². The number of benzene rings is 2. The summed E-state index contributed by atoms with van der Waals surface area (Å²) in [5.74, 6) is 2.17. The van der Waals surface area contributed by atoms with Crippen LogP contribution in [-0.4, -0.2) is 7.11 Å². The first-order chi connectivity index (χ1) is 9.11. The normalized spacial score (nSPS) is 12.5. The summed E-state index contributed by atoms with van der Waals surface area (Å²) < 4.78 is 5.18. The second-order valence-corrected chi connectivity index (χ2v) is 5.38. The molecule has 1 unspecified atom stereocenters. The molecule has 0 aromatic heterocycles. The molecule has 19 heavy (non-hydrogen) atoms. The molecule has 0 saturated carbocycles. The fourth-order valence-electron chi connectivity index (χ4n) is 2.15. The first kappa shape index (κ1) is 13.7. The van der Waals surface area contributed by atoms with Gasteiger partial charge in [0.15, 0.2) is 0 Å². The summed E-state index contributed by atoms with van der Waals surface area (Å²) in [6, 6.07) is 17.1. The zero-order valence-electron chi connectivity index (χ0n) is 12.2. The Morgan fingerprint density at radius 2 is 1.21 bits per heavy atom. The van der Waals surface area contributed by atoms with E-state index in [2.05, 4.69) is 57.2 Å². The molecule has 1 heteroatoms. The van der Waals surface area contributed by atoms with Crippen LogP contribution in [0.25, 0.3) is 11.1 Å². The van der Waals surface area contributed by atoms with Crippen LogP contribution in [0.1, 0.15) is 32.3 Å². The summed E-state index contributed by atoms with van der Waals surface area (Å²) in [4.78, 5) is 0. The number of hydrogen-bond acceptors (Lipinski definition) is 1. The van der Waals surface area contributed by atoms with Gasteiger partial charge in [0.25, 0.3) is 0 Å². The summed E-state index contributed by atoms with van der Waals surface area (Å²) >= 11 is 0. The molecule has 0 aliphatic carbocycles. The fraction of sp³-hybridized carbons (Fsp3) is 0.333. The molecule has 0 N–H and O–H groups in total. The molecule has 0 bridgehead atoms. The van der Waals surface area contributed by atoms with Crippen LogP contribution in [0.5, 0.6) is 5.75 Å². The van der Waals surface area contributed by atoms with E-state index in [4.69, 9.17) is 4.74 Å². The molecular weight excluding hydrogens is 232 g/mol. The lowest BCUT2D eigenvalue weighted by Gasteiger charge is -2.16. The molecule has 2 rings (SSSR count). The van der Waals surface area contributed by atoms with Crippen LogP contribution < -0.4 is 4.74 Å². The van der Waals surface area contributed by atoms with Gasteiger partial charge >= 0.3 is 0 Å². The van der Waals surface area contributed by atoms with Crippen LogP contribution in [0.2, 0.25) is 0 Å². The highest BCUT2D eigenvalue weighted by Crippen LogP contribution is 2.27. The highest BCUT2D eigenvalue weighted by molar-refractivity contribution is 5.64. The minimum Gasteiger partial charge on any atom is -0.497 e. The third kappa shape index (κ3) is 3.17. The maximum atomic E-state index is 5.18. The highest BCUT2D eigenvalue weighted by atomic mass is 16.5. The molecule has 0 fully saturated rings. The number of methoxy groups -OCH3 is 1. The van der Waals surface area contributed by atoms with Gasteiger partial charge in [0.05, 0.1) is 7.11 Å². The van der Waals surface area contributed by atoms with Gasteiger partial charge < -0.3 is 4.74 Å². The molecule has 2 aromatic carbocycles. The molecule has 0 saturated heterocycles. The Hall–Kier alpha value is -1.76. The van der Waals surface area contributed by atoms with Gasteiger partial charge in [-0.05, 0) is 40.7 Å². The van der Waals surface area contributed by atoms with Crippen LogP contribution >= 0.6 is 0 Å². The molecule has 1 nitrogen and oxygen atoms in total. The minimum atomic E-state index is 0.602. The summed E-state index contributed by atoms with van der Waals surface area (Å²) in [6.07, 6.45) is 0. The molecule has 0 amide bonds. The number of rotatable bonds is 4. The predicted molar refractivity (Wildman–Crippen MR) is 81.7 cm³/mol. The summed E-state index contributed by atoms with van der Waals surface area (Å²) in [7, 11) is 1.69. The zero-order chi connectivity index (χ0) is 13.8. The smallest absolute Gasteiger partial charge is 0.118 e. The van der Waals surface area contributed by atoms with Crippen molar-refractivity contribution >= 4 is 0 Å². The number of ether oxygens (including phenoxy) is 1. The lowest BCUT2D eigenvalue weighted by Crippen LogP contribution is -2.01. The fourth-order valence-corrected chi connectivity index (χ4v) is 2.15. The van der Waals surface area contributed by atoms with Gasteiger partial charge in [0.2, 0.25) is 0 Å². The molecular formula is C18H22O. The largest absolute Gasteiger partial charge is 0.497 e. The standard InChI is InChI=1S/C18H22O/c1-13(2)14(3)15-5-7-16(8-6-15)17-9-11-18(19-4)12-10-17/h5-14H,1-4H3. The lowest BCUT2D eigenvalue weighted by molar-refractivity contribution is 0.415. The Labute approximate surface area is 116 Å². The van der Waals surface area contributed by atoms with Gasteiger partial charge in [0.1, 0.15) is 5.75 Å². The topological polar surface area (TPSA) is 9.23 Å². The van der Waals surface area contributed by atoms with Crippen molar-refractivity contribution in [3.8, 4) is 16.9 Å². The van der Waals surface area contributed by atoms with E-state index in [1.165, 1.54) is 16.7 Å². The average Bonchev–Trinajstić information content (AvgIpc) is 2.46. The predicted octanol–water partition coefficient (Wildman–Crippen LogP) is 5.12. The Kier molecular flexibility index (Phi) is 4.26. The first-order valence-corrected chi connectivity index (χ1v) is 6.86. The minimum absolute atomic E-state index is 0.602. The second-order valence-electron chi connectivity index (χ2n) is 5.38. The third-order valence-corrected chi connectivity index (χ3v) is 3.86. The number of hydrogen-bond donors (Lipinski definition) is 0. The van der Waals surface area contributed by atoms with Gasteiger partial charge in [-0.1, -0.05) is 57.2 Å². The summed E-state index contributed by atoms with van der Waals surface area (Å²) in [5, 5.41) is 0. The maximum Gasteiger partial charge on any atom is 0.118 e. The van der Waals surface area contributed by atoms with Crippen LogP contribution in [0.4, 0.5) is 0 Å². The van der Waals surface area contributed by atoms with Crippen molar-refractivity contribution in [2.45, 2.75) is 26.7 Å². The van der Waals surface area contributed by atoms with E-state index < -0.39 is 0 Å². The van der Waals surface area contributed by atoms with Crippen molar-refractivity contribution in [2.24, 2.45) is 5.92 Å². The van der Waals surface area contributed by atoms with E-state index >= 15 is 0 Å². The van der Waals surface area contributed by atoms with E-state index in [0.29, 0.717) is 11.8 Å². The van der Waals surface area contributed by atoms with Gasteiger partial charge in [-0.15, -0.1) is 0 Å². The molecule has 1 atom stereocenters. The second kappa shape index (κ2) is 5.92. The SMILES string of the molecule is COc1ccc(-c2ccc(C(C)C(C)C)cc2)cc1. The monoisotopic (exact) mass is 254 g/mol. The van der Waals surface area contributed by atoms with E-state index in [1.807, 2.05) is 12.1 Å². The Bertz CT molecular complexity index is 508. The Morgan fingerprint density at radius 3 is 1.63 bits per heavy atom. The van der Waals surface area contributed by atoms with Crippen molar-refractivity contribution in [1.82, 2.24) is 0 Å². The molecule has 2 aromatic rings. The van der Waals surface area contributed by atoms with Crippen LogP contribution in [0.15, 0.2) is 48.5 Å². The van der Waals surface area contributed by atoms with Crippen LogP contribution in [0, 0.1) is 5.92 Å². The van der Waals surface area contributed by atoms with Crippen LogP contribution in [0.3, 0.4) is 0 Å². The van der Waals surface area contributed by atoms with Gasteiger partial charge in [-0.25, -0.2) is 0 Å². The van der Waals surface area contributed by atoms with Crippen molar-refractivity contribution < 1.29 is 4.74 Å². The molecule has 0 heterocycles. The van der Waals surface area contributed by atoms with E-state index in [-0.39, 0.29) is 0 Å². The van der Waals surface area contributed by atoms with Gasteiger partial charge in [-0.2, -0.15) is 0 Å². The van der Waals surface area contributed by atoms with Crippen molar-refractivity contribution in [1.29, 1.82) is 0 Å². The highest BCUT2D eigenvalue weighted by Gasteiger charge is 2.09. The van der Waals surface area contributed by atoms with Crippen LogP contribution in [-0.2, 0) is 0 Å². The van der Waals surface area contributed by atoms with E-state index in [1.54, 1.807) is 7.11 Å². The van der Waals surface area contributed by atoms with Crippen molar-refractivity contribution in [3.63, 3.8) is 0 Å². The molecule has 0 spiro atoms. The van der Waals surface area contributed by atoms with Gasteiger partial charge in [-0.3, -0.25) is 0 Å². The maximum absolute atomic E-state index is 5.18.